The van der Waals surface area contributed by atoms with Gasteiger partial charge in [0.05, 0.1) is 6.34 Å². The molecule has 0 saturated carbocycles. The van der Waals surface area contributed by atoms with E-state index in [0.717, 1.165) is 36.2 Å². The average Bonchev–Trinajstić information content (AvgIpc) is 3.27. The van der Waals surface area contributed by atoms with Gasteiger partial charge in [-0.05, 0) is 35.7 Å². The minimum atomic E-state index is -0.171. The molecule has 1 saturated heterocycles. The number of benzene rings is 1. The number of amides is 2. The Labute approximate surface area is 183 Å². The van der Waals surface area contributed by atoms with Crippen LogP contribution in [0, 0.1) is 23.2 Å². The van der Waals surface area contributed by atoms with Crippen molar-refractivity contribution in [1.82, 2.24) is 14.5 Å². The lowest BCUT2D eigenvalue weighted by Gasteiger charge is -2.36. The maximum absolute atomic E-state index is 12.5. The van der Waals surface area contributed by atoms with Gasteiger partial charge >= 0.3 is 6.03 Å². The number of hydrogen-bond donors (Lipinski definition) is 3. The highest BCUT2D eigenvalue weighted by Gasteiger charge is 2.22. The summed E-state index contributed by atoms with van der Waals surface area (Å²) in [5, 5.41) is 20.7. The lowest BCUT2D eigenvalue weighted by Crippen LogP contribution is -2.50. The molecule has 0 radical (unpaired) electrons. The van der Waals surface area contributed by atoms with E-state index in [0.29, 0.717) is 23.9 Å². The molecular formula is C22H21N7OS. The molecular weight excluding hydrogens is 410 g/mol. The van der Waals surface area contributed by atoms with Crippen LogP contribution >= 0.6 is 11.3 Å². The van der Waals surface area contributed by atoms with Gasteiger partial charge in [-0.2, -0.15) is 0 Å². The Balaban J connectivity index is 1.38. The second kappa shape index (κ2) is 8.85. The molecule has 2 amide bonds. The maximum Gasteiger partial charge on any atom is 0.323 e. The van der Waals surface area contributed by atoms with Gasteiger partial charge < -0.3 is 9.80 Å². The Morgan fingerprint density at radius 1 is 1.19 bits per heavy atom. The maximum atomic E-state index is 12.5. The molecule has 2 aromatic heterocycles. The van der Waals surface area contributed by atoms with Gasteiger partial charge in [-0.3, -0.25) is 20.7 Å². The third-order valence-electron chi connectivity index (χ3n) is 5.13. The fourth-order valence-corrected chi connectivity index (χ4v) is 4.02. The summed E-state index contributed by atoms with van der Waals surface area (Å²) < 4.78 is 1.46. The van der Waals surface area contributed by atoms with Gasteiger partial charge in [0.15, 0.2) is 5.01 Å². The summed E-state index contributed by atoms with van der Waals surface area (Å²) >= 11 is 1.33. The fraction of sp³-hybridized carbons (Fsp3) is 0.182. The lowest BCUT2D eigenvalue weighted by atomic mass is 10.1. The molecule has 8 nitrogen and oxygen atoms in total. The third kappa shape index (κ3) is 4.34. The zero-order valence-corrected chi connectivity index (χ0v) is 17.5. The number of urea groups is 1. The third-order valence-corrected chi connectivity index (χ3v) is 5.91. The number of aromatic nitrogens is 2. The van der Waals surface area contributed by atoms with E-state index < -0.39 is 0 Å². The van der Waals surface area contributed by atoms with Crippen LogP contribution in [0.3, 0.4) is 0 Å². The molecule has 0 atom stereocenters. The minimum absolute atomic E-state index is 0.171. The van der Waals surface area contributed by atoms with E-state index in [-0.39, 0.29) is 11.5 Å². The van der Waals surface area contributed by atoms with Gasteiger partial charge in [0.25, 0.3) is 0 Å². The summed E-state index contributed by atoms with van der Waals surface area (Å²) in [5.74, 6) is 2.95. The number of nitrogens with zero attached hydrogens (tertiary/aromatic N) is 4. The van der Waals surface area contributed by atoms with Crippen LogP contribution < -0.4 is 15.7 Å². The summed E-state index contributed by atoms with van der Waals surface area (Å²) in [6.07, 6.45) is 8.13. The zero-order chi connectivity index (χ0) is 21.8. The van der Waals surface area contributed by atoms with Gasteiger partial charge in [0.1, 0.15) is 11.3 Å². The molecule has 1 aliphatic heterocycles. The Bertz CT molecular complexity index is 1200. The molecule has 0 bridgehead atoms. The van der Waals surface area contributed by atoms with Crippen LogP contribution in [0.25, 0.3) is 11.1 Å². The molecule has 1 aliphatic rings. The van der Waals surface area contributed by atoms with Crippen LogP contribution in [-0.4, -0.2) is 53.0 Å². The Morgan fingerprint density at radius 3 is 2.58 bits per heavy atom. The number of rotatable bonds is 4. The van der Waals surface area contributed by atoms with E-state index in [1.165, 1.54) is 15.9 Å². The van der Waals surface area contributed by atoms with Crippen molar-refractivity contribution in [2.75, 3.05) is 36.4 Å². The molecule has 1 aromatic carbocycles. The minimum Gasteiger partial charge on any atom is -0.368 e. The molecule has 3 aromatic rings. The first-order chi connectivity index (χ1) is 15.1. The largest absolute Gasteiger partial charge is 0.368 e. The molecule has 31 heavy (non-hydrogen) atoms. The first kappa shape index (κ1) is 20.4. The van der Waals surface area contributed by atoms with E-state index in [1.54, 1.807) is 16.5 Å². The molecule has 4 rings (SSSR count). The van der Waals surface area contributed by atoms with E-state index in [4.69, 9.17) is 17.2 Å². The smallest absolute Gasteiger partial charge is 0.323 e. The van der Waals surface area contributed by atoms with Crippen molar-refractivity contribution >= 4 is 35.2 Å². The van der Waals surface area contributed by atoms with Crippen molar-refractivity contribution in [2.45, 2.75) is 0 Å². The zero-order valence-electron chi connectivity index (χ0n) is 16.7. The Kier molecular flexibility index (Phi) is 5.82. The lowest BCUT2D eigenvalue weighted by molar-refractivity contribution is 0.208. The highest BCUT2D eigenvalue weighted by atomic mass is 32.1. The van der Waals surface area contributed by atoms with E-state index in [9.17, 15) is 4.79 Å². The Morgan fingerprint density at radius 2 is 1.94 bits per heavy atom. The summed E-state index contributed by atoms with van der Waals surface area (Å²) in [4.78, 5) is 20.6. The van der Waals surface area contributed by atoms with E-state index >= 15 is 0 Å². The van der Waals surface area contributed by atoms with E-state index in [2.05, 4.69) is 21.1 Å². The summed E-state index contributed by atoms with van der Waals surface area (Å²) in [6.45, 7) is 2.66. The van der Waals surface area contributed by atoms with Gasteiger partial charge in [-0.1, -0.05) is 12.1 Å². The fourth-order valence-electron chi connectivity index (χ4n) is 3.47. The quantitative estimate of drug-likeness (QED) is 0.336. The molecule has 156 valence electrons. The highest BCUT2D eigenvalue weighted by Crippen LogP contribution is 2.22. The summed E-state index contributed by atoms with van der Waals surface area (Å²) in [7, 11) is 0. The number of terminal acetylenes is 1. The monoisotopic (exact) mass is 431 g/mol. The predicted octanol–water partition coefficient (Wildman–Crippen LogP) is 2.88. The number of carbonyl (C=O) groups excluding carboxylic acids is 1. The number of pyridine rings is 1. The number of piperazine rings is 1. The average molecular weight is 432 g/mol. The topological polar surface area (TPSA) is 101 Å². The first-order valence-electron chi connectivity index (χ1n) is 9.69. The van der Waals surface area contributed by atoms with Crippen LogP contribution in [-0.2, 0) is 0 Å². The van der Waals surface area contributed by atoms with Gasteiger partial charge in [-0.15, -0.1) is 17.8 Å². The number of hydrogen-bond acceptors (Lipinski definition) is 6. The molecule has 3 heterocycles. The van der Waals surface area contributed by atoms with Crippen molar-refractivity contribution in [3.8, 4) is 23.5 Å². The van der Waals surface area contributed by atoms with Crippen LogP contribution in [0.15, 0.2) is 48.0 Å². The van der Waals surface area contributed by atoms with Crippen molar-refractivity contribution in [3.05, 3.63) is 58.5 Å². The molecule has 3 N–H and O–H groups in total. The van der Waals surface area contributed by atoms with Crippen molar-refractivity contribution in [3.63, 3.8) is 0 Å². The Hall–Kier alpha value is -3.90. The summed E-state index contributed by atoms with van der Waals surface area (Å²) in [5.41, 5.74) is 3.05. The standard InChI is InChI=1S/C22H21N7OS/c1-2-20-25-19(14-31-20)26-22(30)28-12-10-27(11-13-28)17-7-5-16(6-8-17)18-4-3-9-29(15-23)21(18)24/h1,3-9,14-15,23-24H,10-13H2,(H,26,30). The molecule has 1 fully saturated rings. The first-order valence-corrected chi connectivity index (χ1v) is 10.6. The number of anilines is 2. The van der Waals surface area contributed by atoms with Gasteiger partial charge in [0.2, 0.25) is 0 Å². The van der Waals surface area contributed by atoms with E-state index in [1.807, 2.05) is 36.4 Å². The summed E-state index contributed by atoms with van der Waals surface area (Å²) in [6, 6.07) is 11.6. The van der Waals surface area contributed by atoms with Crippen molar-refractivity contribution in [2.24, 2.45) is 0 Å². The van der Waals surface area contributed by atoms with Crippen LogP contribution in [0.4, 0.5) is 16.3 Å². The molecule has 0 spiro atoms. The number of thiazole rings is 1. The second-order valence-corrected chi connectivity index (χ2v) is 7.80. The normalized spacial score (nSPS) is 13.5. The molecule has 0 unspecified atom stereocenters. The number of nitrogens with one attached hydrogen (secondary N) is 3. The molecule has 0 aliphatic carbocycles. The number of carbonyl (C=O) groups is 1. The molecule has 9 heteroatoms. The van der Waals surface area contributed by atoms with Crippen LogP contribution in [0.2, 0.25) is 0 Å². The van der Waals surface area contributed by atoms with Gasteiger partial charge in [-0.25, -0.2) is 9.78 Å². The van der Waals surface area contributed by atoms with Crippen LogP contribution in [0.1, 0.15) is 5.01 Å². The van der Waals surface area contributed by atoms with Gasteiger partial charge in [0, 0.05) is 49.0 Å². The van der Waals surface area contributed by atoms with Crippen LogP contribution in [0.5, 0.6) is 0 Å². The highest BCUT2D eigenvalue weighted by molar-refractivity contribution is 7.10. The SMILES string of the molecule is C#Cc1nc(NC(=O)N2CCN(c3ccc(-c4cccn(C=N)c4=N)cc3)CC2)cs1. The predicted molar refractivity (Wildman–Crippen MR) is 123 cm³/mol. The van der Waals surface area contributed by atoms with Crippen molar-refractivity contribution in [1.29, 1.82) is 10.8 Å². The van der Waals surface area contributed by atoms with Crippen molar-refractivity contribution < 1.29 is 4.79 Å². The second-order valence-electron chi connectivity index (χ2n) is 6.94.